The highest BCUT2D eigenvalue weighted by molar-refractivity contribution is 5.29. The molecule has 1 unspecified atom stereocenters. The Hall–Kier alpha value is -1.06. The number of hydrogen-bond donors (Lipinski definition) is 1. The molecule has 1 aliphatic heterocycles. The van der Waals surface area contributed by atoms with E-state index in [0.29, 0.717) is 11.5 Å². The fourth-order valence-corrected chi connectivity index (χ4v) is 3.12. The van der Waals surface area contributed by atoms with Gasteiger partial charge in [0.15, 0.2) is 0 Å². The summed E-state index contributed by atoms with van der Waals surface area (Å²) in [6.45, 7) is 8.31. The van der Waals surface area contributed by atoms with E-state index in [0.717, 1.165) is 12.3 Å². The zero-order valence-electron chi connectivity index (χ0n) is 14.0. The monoisotopic (exact) mass is 290 g/mol. The first-order chi connectivity index (χ1) is 10.0. The van der Waals surface area contributed by atoms with E-state index in [1.807, 2.05) is 12.1 Å². The third-order valence-electron chi connectivity index (χ3n) is 4.74. The van der Waals surface area contributed by atoms with Crippen LogP contribution in [0.15, 0.2) is 24.3 Å². The summed E-state index contributed by atoms with van der Waals surface area (Å²) >= 11 is 0. The fraction of sp³-hybridized carbons (Fsp3) is 0.667. The van der Waals surface area contributed by atoms with E-state index < -0.39 is 0 Å². The van der Waals surface area contributed by atoms with Crippen LogP contribution in [0.3, 0.4) is 0 Å². The molecule has 21 heavy (non-hydrogen) atoms. The molecule has 1 heterocycles. The van der Waals surface area contributed by atoms with Gasteiger partial charge in [-0.15, -0.1) is 0 Å². The summed E-state index contributed by atoms with van der Waals surface area (Å²) < 4.78 is 5.24. The van der Waals surface area contributed by atoms with Crippen molar-refractivity contribution >= 4 is 0 Å². The molecule has 1 N–H and O–H groups in total. The summed E-state index contributed by atoms with van der Waals surface area (Å²) in [5.74, 6) is 0.921. The van der Waals surface area contributed by atoms with Gasteiger partial charge in [0.05, 0.1) is 7.11 Å². The topological polar surface area (TPSA) is 24.5 Å². The lowest BCUT2D eigenvalue weighted by Crippen LogP contribution is -2.34. The number of nitrogens with zero attached hydrogens (tertiary/aromatic N) is 1. The van der Waals surface area contributed by atoms with Gasteiger partial charge in [-0.05, 0) is 62.5 Å². The molecule has 3 nitrogen and oxygen atoms in total. The first-order valence-electron chi connectivity index (χ1n) is 8.08. The van der Waals surface area contributed by atoms with Gasteiger partial charge in [0.2, 0.25) is 0 Å². The molecule has 0 bridgehead atoms. The molecule has 1 aromatic rings. The number of likely N-dealkylation sites (tertiary alicyclic amines) is 1. The lowest BCUT2D eigenvalue weighted by Gasteiger charge is -2.27. The first-order valence-corrected chi connectivity index (χ1v) is 8.08. The van der Waals surface area contributed by atoms with E-state index in [2.05, 4.69) is 43.2 Å². The van der Waals surface area contributed by atoms with Gasteiger partial charge in [-0.1, -0.05) is 26.0 Å². The molecule has 1 atom stereocenters. The molecular formula is C18H30N2O. The second-order valence-corrected chi connectivity index (χ2v) is 6.93. The van der Waals surface area contributed by atoms with Crippen molar-refractivity contribution in [1.82, 2.24) is 10.2 Å². The van der Waals surface area contributed by atoms with Crippen LogP contribution in [0.1, 0.15) is 44.7 Å². The molecule has 1 aliphatic rings. The van der Waals surface area contributed by atoms with Gasteiger partial charge in [0.25, 0.3) is 0 Å². The molecule has 2 rings (SSSR count). The van der Waals surface area contributed by atoms with Crippen molar-refractivity contribution in [2.45, 2.75) is 39.2 Å². The van der Waals surface area contributed by atoms with Crippen molar-refractivity contribution in [3.63, 3.8) is 0 Å². The molecule has 1 saturated heterocycles. The van der Waals surface area contributed by atoms with Crippen LogP contribution in [0.25, 0.3) is 0 Å². The zero-order valence-corrected chi connectivity index (χ0v) is 14.0. The maximum atomic E-state index is 5.24. The smallest absolute Gasteiger partial charge is 0.118 e. The minimum absolute atomic E-state index is 0.386. The van der Waals surface area contributed by atoms with E-state index in [1.54, 1.807) is 7.11 Å². The van der Waals surface area contributed by atoms with Crippen LogP contribution in [0.2, 0.25) is 0 Å². The molecule has 0 saturated carbocycles. The average molecular weight is 290 g/mol. The molecule has 0 spiro atoms. The molecule has 1 fully saturated rings. The van der Waals surface area contributed by atoms with Gasteiger partial charge >= 0.3 is 0 Å². The molecule has 0 aliphatic carbocycles. The number of methoxy groups -OCH3 is 1. The normalized spacial score (nSPS) is 20.8. The third-order valence-corrected chi connectivity index (χ3v) is 4.74. The minimum Gasteiger partial charge on any atom is -0.497 e. The fourth-order valence-electron chi connectivity index (χ4n) is 3.12. The van der Waals surface area contributed by atoms with Gasteiger partial charge in [-0.25, -0.2) is 0 Å². The van der Waals surface area contributed by atoms with Crippen LogP contribution in [-0.4, -0.2) is 38.7 Å². The maximum Gasteiger partial charge on any atom is 0.118 e. The molecule has 0 aromatic heterocycles. The lowest BCUT2D eigenvalue weighted by molar-refractivity contribution is 0.240. The van der Waals surface area contributed by atoms with Gasteiger partial charge < -0.3 is 15.0 Å². The van der Waals surface area contributed by atoms with Gasteiger partial charge in [0.1, 0.15) is 5.75 Å². The zero-order chi connectivity index (χ0) is 15.3. The van der Waals surface area contributed by atoms with Crippen LogP contribution in [0.4, 0.5) is 0 Å². The first kappa shape index (κ1) is 16.3. The van der Waals surface area contributed by atoms with Crippen LogP contribution in [0, 0.1) is 5.41 Å². The highest BCUT2D eigenvalue weighted by Gasteiger charge is 2.24. The summed E-state index contributed by atoms with van der Waals surface area (Å²) in [5.41, 5.74) is 1.84. The predicted octanol–water partition coefficient (Wildman–Crippen LogP) is 3.47. The highest BCUT2D eigenvalue weighted by Crippen LogP contribution is 2.30. The summed E-state index contributed by atoms with van der Waals surface area (Å²) in [4.78, 5) is 2.61. The summed E-state index contributed by atoms with van der Waals surface area (Å²) in [5, 5.41) is 3.46. The highest BCUT2D eigenvalue weighted by atomic mass is 16.5. The quantitative estimate of drug-likeness (QED) is 0.898. The summed E-state index contributed by atoms with van der Waals surface area (Å²) in [7, 11) is 3.76. The molecule has 0 amide bonds. The summed E-state index contributed by atoms with van der Waals surface area (Å²) in [6.07, 6.45) is 3.95. The van der Waals surface area contributed by atoms with Crippen LogP contribution in [0.5, 0.6) is 5.75 Å². The second kappa shape index (κ2) is 7.28. The van der Waals surface area contributed by atoms with Crippen molar-refractivity contribution in [3.8, 4) is 5.75 Å². The van der Waals surface area contributed by atoms with E-state index in [9.17, 15) is 0 Å². The van der Waals surface area contributed by atoms with E-state index in [-0.39, 0.29) is 0 Å². The van der Waals surface area contributed by atoms with E-state index in [1.165, 1.54) is 37.9 Å². The van der Waals surface area contributed by atoms with Crippen LogP contribution in [-0.2, 0) is 0 Å². The number of hydrogen-bond acceptors (Lipinski definition) is 3. The number of nitrogens with one attached hydrogen (secondary N) is 1. The van der Waals surface area contributed by atoms with E-state index >= 15 is 0 Å². The van der Waals surface area contributed by atoms with Gasteiger partial charge in [0, 0.05) is 12.6 Å². The number of ether oxygens (including phenoxy) is 1. The van der Waals surface area contributed by atoms with Crippen molar-refractivity contribution < 1.29 is 4.74 Å². The predicted molar refractivity (Wildman–Crippen MR) is 88.9 cm³/mol. The Balaban J connectivity index is 1.97. The molecule has 3 heteroatoms. The molecule has 1 aromatic carbocycles. The Morgan fingerprint density at radius 1 is 1.19 bits per heavy atom. The van der Waals surface area contributed by atoms with Gasteiger partial charge in [-0.3, -0.25) is 0 Å². The largest absolute Gasteiger partial charge is 0.497 e. The van der Waals surface area contributed by atoms with E-state index in [4.69, 9.17) is 4.74 Å². The Morgan fingerprint density at radius 2 is 1.90 bits per heavy atom. The molecular weight excluding hydrogens is 260 g/mol. The van der Waals surface area contributed by atoms with Crippen LogP contribution < -0.4 is 10.1 Å². The number of benzene rings is 1. The third kappa shape index (κ3) is 4.72. The van der Waals surface area contributed by atoms with Crippen molar-refractivity contribution in [2.75, 3.05) is 33.8 Å². The lowest BCUT2D eigenvalue weighted by atomic mass is 9.85. The number of rotatable bonds is 5. The second-order valence-electron chi connectivity index (χ2n) is 6.93. The van der Waals surface area contributed by atoms with Gasteiger partial charge in [-0.2, -0.15) is 0 Å². The SMILES string of the molecule is CNC(CN1CCCC(C)(C)CC1)c1ccc(OC)cc1. The van der Waals surface area contributed by atoms with Crippen molar-refractivity contribution in [2.24, 2.45) is 5.41 Å². The molecule has 118 valence electrons. The summed E-state index contributed by atoms with van der Waals surface area (Å²) in [6, 6.07) is 8.82. The Labute approximate surface area is 129 Å². The molecule has 0 radical (unpaired) electrons. The Kier molecular flexibility index (Phi) is 5.65. The maximum absolute atomic E-state index is 5.24. The van der Waals surface area contributed by atoms with Crippen molar-refractivity contribution in [1.29, 1.82) is 0 Å². The van der Waals surface area contributed by atoms with Crippen molar-refractivity contribution in [3.05, 3.63) is 29.8 Å². The minimum atomic E-state index is 0.386. The Morgan fingerprint density at radius 3 is 2.52 bits per heavy atom. The average Bonchev–Trinajstić information content (AvgIpc) is 2.66. The van der Waals surface area contributed by atoms with Crippen LogP contribution >= 0.6 is 0 Å². The standard InChI is InChI=1S/C18H30N2O/c1-18(2)10-5-12-20(13-11-18)14-17(19-3)15-6-8-16(21-4)9-7-15/h6-9,17,19H,5,10-14H2,1-4H3. The number of likely N-dealkylation sites (N-methyl/N-ethyl adjacent to an activating group) is 1. The Bertz CT molecular complexity index is 427.